The fourth-order valence-corrected chi connectivity index (χ4v) is 2.42. The number of rotatable bonds is 10. The minimum Gasteiger partial charge on any atom is -0.504 e. The number of phenols is 1. The molecule has 0 unspecified atom stereocenters. The third-order valence-electron chi connectivity index (χ3n) is 3.66. The SMILES string of the molecule is C=CCc1cc(/C=N/NC(=O)COc2ccccc2[N+](=O)[O-])cc(OCC)c1O. The first kappa shape index (κ1) is 21.4. The average molecular weight is 399 g/mol. The molecule has 2 aromatic rings. The second-order valence-electron chi connectivity index (χ2n) is 5.76. The second-order valence-corrected chi connectivity index (χ2v) is 5.76. The number of carbonyl (C=O) groups is 1. The fraction of sp³-hybridized carbons (Fsp3) is 0.200. The molecule has 9 nitrogen and oxygen atoms in total. The standard InChI is InChI=1S/C20H21N3O6/c1-3-7-15-10-14(11-18(20(15)25)28-4-2)12-21-22-19(24)13-29-17-9-6-5-8-16(17)23(26)27/h3,5-6,8-12,25H,1,4,7,13H2,2H3,(H,22,24)/b21-12+. The average Bonchev–Trinajstić information content (AvgIpc) is 2.70. The summed E-state index contributed by atoms with van der Waals surface area (Å²) in [6.07, 6.45) is 3.47. The van der Waals surface area contributed by atoms with Crippen molar-refractivity contribution >= 4 is 17.8 Å². The van der Waals surface area contributed by atoms with Gasteiger partial charge in [0.05, 0.1) is 17.7 Å². The van der Waals surface area contributed by atoms with Crippen LogP contribution in [0.5, 0.6) is 17.2 Å². The lowest BCUT2D eigenvalue weighted by molar-refractivity contribution is -0.385. The summed E-state index contributed by atoms with van der Waals surface area (Å²) in [4.78, 5) is 22.2. The Bertz CT molecular complexity index is 926. The van der Waals surface area contributed by atoms with E-state index < -0.39 is 17.4 Å². The molecule has 2 aromatic carbocycles. The lowest BCUT2D eigenvalue weighted by Gasteiger charge is -2.10. The number of hydrogen-bond donors (Lipinski definition) is 2. The van der Waals surface area contributed by atoms with E-state index in [0.717, 1.165) is 0 Å². The number of nitrogens with one attached hydrogen (secondary N) is 1. The predicted molar refractivity (Wildman–Crippen MR) is 108 cm³/mol. The highest BCUT2D eigenvalue weighted by Gasteiger charge is 2.14. The first-order valence-electron chi connectivity index (χ1n) is 8.74. The van der Waals surface area contributed by atoms with E-state index in [4.69, 9.17) is 9.47 Å². The molecule has 0 radical (unpaired) electrons. The Morgan fingerprint density at radius 3 is 2.76 bits per heavy atom. The van der Waals surface area contributed by atoms with Crippen LogP contribution >= 0.6 is 0 Å². The van der Waals surface area contributed by atoms with Crippen molar-refractivity contribution < 1.29 is 24.3 Å². The predicted octanol–water partition coefficient (Wildman–Crippen LogP) is 2.96. The van der Waals surface area contributed by atoms with Crippen LogP contribution in [0.1, 0.15) is 18.1 Å². The van der Waals surface area contributed by atoms with Crippen molar-refractivity contribution in [1.29, 1.82) is 0 Å². The first-order valence-corrected chi connectivity index (χ1v) is 8.74. The highest BCUT2D eigenvalue weighted by molar-refractivity contribution is 5.84. The van der Waals surface area contributed by atoms with Crippen molar-refractivity contribution in [1.82, 2.24) is 5.43 Å². The Morgan fingerprint density at radius 2 is 2.07 bits per heavy atom. The molecule has 0 saturated heterocycles. The van der Waals surface area contributed by atoms with Gasteiger partial charge in [0, 0.05) is 11.6 Å². The Balaban J connectivity index is 2.01. The summed E-state index contributed by atoms with van der Waals surface area (Å²) in [6, 6.07) is 9.04. The van der Waals surface area contributed by atoms with Gasteiger partial charge in [-0.15, -0.1) is 6.58 Å². The van der Waals surface area contributed by atoms with Crippen molar-refractivity contribution in [3.8, 4) is 17.2 Å². The highest BCUT2D eigenvalue weighted by atomic mass is 16.6. The number of nitro benzene ring substituents is 1. The molecule has 152 valence electrons. The fourth-order valence-electron chi connectivity index (χ4n) is 2.42. The van der Waals surface area contributed by atoms with Gasteiger partial charge in [-0.2, -0.15) is 5.10 Å². The van der Waals surface area contributed by atoms with E-state index in [-0.39, 0.29) is 17.2 Å². The van der Waals surface area contributed by atoms with Crippen LogP contribution in [0.25, 0.3) is 0 Å². The van der Waals surface area contributed by atoms with Crippen LogP contribution in [0.4, 0.5) is 5.69 Å². The summed E-state index contributed by atoms with van der Waals surface area (Å²) < 4.78 is 10.6. The van der Waals surface area contributed by atoms with Crippen LogP contribution < -0.4 is 14.9 Å². The summed E-state index contributed by atoms with van der Waals surface area (Å²) in [5.41, 5.74) is 3.26. The van der Waals surface area contributed by atoms with Crippen LogP contribution in [0, 0.1) is 10.1 Å². The summed E-state index contributed by atoms with van der Waals surface area (Å²) in [7, 11) is 0. The summed E-state index contributed by atoms with van der Waals surface area (Å²) >= 11 is 0. The van der Waals surface area contributed by atoms with Crippen molar-refractivity contribution in [2.75, 3.05) is 13.2 Å². The third-order valence-corrected chi connectivity index (χ3v) is 3.66. The van der Waals surface area contributed by atoms with Gasteiger partial charge in [-0.3, -0.25) is 14.9 Å². The molecule has 0 aliphatic heterocycles. The van der Waals surface area contributed by atoms with Gasteiger partial charge < -0.3 is 14.6 Å². The first-order chi connectivity index (χ1) is 14.0. The number of aromatic hydroxyl groups is 1. The molecule has 0 aromatic heterocycles. The normalized spacial score (nSPS) is 10.5. The van der Waals surface area contributed by atoms with Crippen LogP contribution in [0.15, 0.2) is 54.2 Å². The number of nitrogens with zero attached hydrogens (tertiary/aromatic N) is 2. The van der Waals surface area contributed by atoms with Crippen molar-refractivity contribution in [2.45, 2.75) is 13.3 Å². The van der Waals surface area contributed by atoms with Gasteiger partial charge in [0.2, 0.25) is 0 Å². The van der Waals surface area contributed by atoms with Gasteiger partial charge >= 0.3 is 5.69 Å². The highest BCUT2D eigenvalue weighted by Crippen LogP contribution is 2.32. The minimum atomic E-state index is -0.590. The molecule has 2 rings (SSSR count). The molecule has 0 fully saturated rings. The zero-order chi connectivity index (χ0) is 21.2. The largest absolute Gasteiger partial charge is 0.504 e. The number of allylic oxidation sites excluding steroid dienone is 1. The molecule has 0 atom stereocenters. The molecule has 0 bridgehead atoms. The number of ether oxygens (including phenoxy) is 2. The maximum atomic E-state index is 11.9. The smallest absolute Gasteiger partial charge is 0.310 e. The molecule has 0 spiro atoms. The van der Waals surface area contributed by atoms with Gasteiger partial charge in [-0.05, 0) is 37.1 Å². The molecule has 0 saturated carbocycles. The van der Waals surface area contributed by atoms with Crippen molar-refractivity contribution in [3.63, 3.8) is 0 Å². The maximum absolute atomic E-state index is 11.9. The van der Waals surface area contributed by atoms with Gasteiger partial charge in [-0.25, -0.2) is 5.43 Å². The summed E-state index contributed by atoms with van der Waals surface area (Å²) in [5, 5.41) is 25.0. The van der Waals surface area contributed by atoms with Crippen LogP contribution in [0.2, 0.25) is 0 Å². The molecular formula is C20H21N3O6. The van der Waals surface area contributed by atoms with E-state index in [1.54, 1.807) is 31.2 Å². The van der Waals surface area contributed by atoms with E-state index in [2.05, 4.69) is 17.1 Å². The van der Waals surface area contributed by atoms with Gasteiger partial charge in [0.1, 0.15) is 0 Å². The Labute approximate surface area is 167 Å². The van der Waals surface area contributed by atoms with Gasteiger partial charge in [0.15, 0.2) is 23.9 Å². The van der Waals surface area contributed by atoms with Crippen molar-refractivity contribution in [3.05, 3.63) is 70.3 Å². The van der Waals surface area contributed by atoms with Crippen LogP contribution in [-0.2, 0) is 11.2 Å². The zero-order valence-electron chi connectivity index (χ0n) is 15.8. The van der Waals surface area contributed by atoms with E-state index in [1.165, 1.54) is 24.4 Å². The number of hydrazone groups is 1. The van der Waals surface area contributed by atoms with E-state index in [9.17, 15) is 20.0 Å². The molecule has 9 heteroatoms. The molecule has 0 aliphatic carbocycles. The van der Waals surface area contributed by atoms with Gasteiger partial charge in [0.25, 0.3) is 5.91 Å². The third kappa shape index (κ3) is 6.06. The number of benzene rings is 2. The molecule has 2 N–H and O–H groups in total. The summed E-state index contributed by atoms with van der Waals surface area (Å²) in [6.45, 7) is 5.38. The van der Waals surface area contributed by atoms with Crippen molar-refractivity contribution in [2.24, 2.45) is 5.10 Å². The Kier molecular flexibility index (Phi) is 7.72. The number of nitro groups is 1. The lowest BCUT2D eigenvalue weighted by atomic mass is 10.1. The molecule has 0 aliphatic rings. The van der Waals surface area contributed by atoms with Crippen LogP contribution in [0.3, 0.4) is 0 Å². The second kappa shape index (κ2) is 10.5. The Hall–Kier alpha value is -3.88. The van der Waals surface area contributed by atoms with E-state index in [0.29, 0.717) is 29.9 Å². The minimum absolute atomic E-state index is 0.00872. The number of amides is 1. The molecular weight excluding hydrogens is 378 g/mol. The number of carbonyl (C=O) groups excluding carboxylic acids is 1. The molecule has 0 heterocycles. The Morgan fingerprint density at radius 1 is 1.31 bits per heavy atom. The topological polar surface area (TPSA) is 123 Å². The number of para-hydroxylation sites is 2. The number of phenolic OH excluding ortho intramolecular Hbond substituents is 1. The van der Waals surface area contributed by atoms with E-state index >= 15 is 0 Å². The quantitative estimate of drug-likeness (QED) is 0.274. The molecule has 29 heavy (non-hydrogen) atoms. The monoisotopic (exact) mass is 399 g/mol. The number of hydrogen-bond acceptors (Lipinski definition) is 7. The van der Waals surface area contributed by atoms with Crippen LogP contribution in [-0.4, -0.2) is 35.4 Å². The zero-order valence-corrected chi connectivity index (χ0v) is 15.8. The maximum Gasteiger partial charge on any atom is 0.310 e. The lowest BCUT2D eigenvalue weighted by Crippen LogP contribution is -2.24. The van der Waals surface area contributed by atoms with E-state index in [1.807, 2.05) is 0 Å². The van der Waals surface area contributed by atoms with Gasteiger partial charge in [-0.1, -0.05) is 18.2 Å². The summed E-state index contributed by atoms with van der Waals surface area (Å²) in [5.74, 6) is -0.259. The molecule has 1 amide bonds.